The van der Waals surface area contributed by atoms with E-state index in [4.69, 9.17) is 10.5 Å². The lowest BCUT2D eigenvalue weighted by Gasteiger charge is -2.31. The molecule has 1 heterocycles. The predicted octanol–water partition coefficient (Wildman–Crippen LogP) is -2.10. The molecule has 1 rings (SSSR count). The minimum absolute atomic E-state index is 0.0194. The van der Waals surface area contributed by atoms with Gasteiger partial charge in [-0.25, -0.2) is 0 Å². The van der Waals surface area contributed by atoms with Crippen LogP contribution in [-0.4, -0.2) is 68.7 Å². The van der Waals surface area contributed by atoms with Crippen molar-refractivity contribution in [2.75, 3.05) is 45.9 Å². The van der Waals surface area contributed by atoms with Gasteiger partial charge in [0.25, 0.3) is 0 Å². The number of hydrogen-bond donors (Lipinski definition) is 3. The Balaban J connectivity index is 2.13. The van der Waals surface area contributed by atoms with Gasteiger partial charge in [-0.2, -0.15) is 0 Å². The molecule has 1 unspecified atom stereocenters. The molecular formula is C11H22N4O3. The number of nitrogens with zero attached hydrogens (tertiary/aromatic N) is 1. The van der Waals surface area contributed by atoms with Crippen LogP contribution < -0.4 is 16.4 Å². The van der Waals surface area contributed by atoms with Gasteiger partial charge in [0.15, 0.2) is 0 Å². The molecule has 1 fully saturated rings. The lowest BCUT2D eigenvalue weighted by molar-refractivity contribution is -0.124. The first-order valence-corrected chi connectivity index (χ1v) is 6.17. The highest BCUT2D eigenvalue weighted by atomic mass is 16.5. The van der Waals surface area contributed by atoms with E-state index in [1.54, 1.807) is 0 Å². The Kier molecular flexibility index (Phi) is 6.63. The number of morpholine rings is 1. The predicted molar refractivity (Wildman–Crippen MR) is 66.9 cm³/mol. The molecule has 7 nitrogen and oxygen atoms in total. The van der Waals surface area contributed by atoms with Crippen LogP contribution in [0.3, 0.4) is 0 Å². The number of rotatable bonds is 6. The SMILES string of the molecule is CC(=O)NCCNC(=O)CN1CCOC(CN)C1. The van der Waals surface area contributed by atoms with E-state index in [1.165, 1.54) is 6.92 Å². The monoisotopic (exact) mass is 258 g/mol. The second kappa shape index (κ2) is 8.02. The van der Waals surface area contributed by atoms with E-state index in [9.17, 15) is 9.59 Å². The molecule has 4 N–H and O–H groups in total. The van der Waals surface area contributed by atoms with Crippen LogP contribution >= 0.6 is 0 Å². The quantitative estimate of drug-likeness (QED) is 0.474. The molecule has 1 aliphatic rings. The lowest BCUT2D eigenvalue weighted by Crippen LogP contribution is -2.49. The molecule has 2 amide bonds. The molecule has 104 valence electrons. The largest absolute Gasteiger partial charge is 0.374 e. The van der Waals surface area contributed by atoms with Crippen LogP contribution in [-0.2, 0) is 14.3 Å². The molecule has 1 atom stereocenters. The molecule has 0 aromatic rings. The van der Waals surface area contributed by atoms with Gasteiger partial charge in [-0.15, -0.1) is 0 Å². The lowest BCUT2D eigenvalue weighted by atomic mass is 10.2. The Morgan fingerprint density at radius 2 is 2.11 bits per heavy atom. The molecule has 0 aromatic heterocycles. The summed E-state index contributed by atoms with van der Waals surface area (Å²) in [7, 11) is 0. The summed E-state index contributed by atoms with van der Waals surface area (Å²) in [6.45, 7) is 5.22. The summed E-state index contributed by atoms with van der Waals surface area (Å²) in [6, 6.07) is 0. The highest BCUT2D eigenvalue weighted by molar-refractivity contribution is 5.78. The van der Waals surface area contributed by atoms with Crippen molar-refractivity contribution in [1.82, 2.24) is 15.5 Å². The Hall–Kier alpha value is -1.18. The van der Waals surface area contributed by atoms with E-state index < -0.39 is 0 Å². The fourth-order valence-corrected chi connectivity index (χ4v) is 1.77. The second-order valence-electron chi connectivity index (χ2n) is 4.30. The number of ether oxygens (including phenoxy) is 1. The molecule has 0 spiro atoms. The summed E-state index contributed by atoms with van der Waals surface area (Å²) in [5.41, 5.74) is 5.53. The summed E-state index contributed by atoms with van der Waals surface area (Å²) in [4.78, 5) is 24.3. The maximum atomic E-state index is 11.6. The Morgan fingerprint density at radius 1 is 1.39 bits per heavy atom. The van der Waals surface area contributed by atoms with Gasteiger partial charge in [0, 0.05) is 39.6 Å². The number of nitrogens with two attached hydrogens (primary N) is 1. The third-order valence-corrected chi connectivity index (χ3v) is 2.67. The number of amides is 2. The molecule has 0 saturated carbocycles. The minimum Gasteiger partial charge on any atom is -0.374 e. The number of hydrogen-bond acceptors (Lipinski definition) is 5. The van der Waals surface area contributed by atoms with E-state index in [-0.39, 0.29) is 17.9 Å². The topological polar surface area (TPSA) is 96.7 Å². The molecular weight excluding hydrogens is 236 g/mol. The summed E-state index contributed by atoms with van der Waals surface area (Å²) in [5, 5.41) is 5.37. The molecule has 0 aliphatic carbocycles. The summed E-state index contributed by atoms with van der Waals surface area (Å²) in [6.07, 6.45) is 0.0194. The standard InChI is InChI=1S/C11H22N4O3/c1-9(16)13-2-3-14-11(17)8-15-4-5-18-10(6-12)7-15/h10H,2-8,12H2,1H3,(H,13,16)(H,14,17). The third kappa shape index (κ3) is 5.95. The molecule has 1 aliphatic heterocycles. The maximum Gasteiger partial charge on any atom is 0.234 e. The zero-order valence-electron chi connectivity index (χ0n) is 10.8. The van der Waals surface area contributed by atoms with Crippen molar-refractivity contribution in [3.63, 3.8) is 0 Å². The van der Waals surface area contributed by atoms with Crippen LogP contribution in [0.15, 0.2) is 0 Å². The molecule has 1 saturated heterocycles. The van der Waals surface area contributed by atoms with E-state index in [2.05, 4.69) is 10.6 Å². The van der Waals surface area contributed by atoms with Gasteiger partial charge in [0.2, 0.25) is 11.8 Å². The van der Waals surface area contributed by atoms with Gasteiger partial charge in [-0.05, 0) is 0 Å². The van der Waals surface area contributed by atoms with E-state index in [0.717, 1.165) is 6.54 Å². The van der Waals surface area contributed by atoms with E-state index in [0.29, 0.717) is 39.3 Å². The van der Waals surface area contributed by atoms with Crippen LogP contribution in [0.25, 0.3) is 0 Å². The molecule has 0 aromatic carbocycles. The highest BCUT2D eigenvalue weighted by Crippen LogP contribution is 2.02. The first kappa shape index (κ1) is 14.9. The first-order valence-electron chi connectivity index (χ1n) is 6.17. The number of carbonyl (C=O) groups excluding carboxylic acids is 2. The van der Waals surface area contributed by atoms with Crippen LogP contribution in [0.4, 0.5) is 0 Å². The van der Waals surface area contributed by atoms with Gasteiger partial charge in [-0.3, -0.25) is 14.5 Å². The zero-order valence-corrected chi connectivity index (χ0v) is 10.8. The van der Waals surface area contributed by atoms with Crippen molar-refractivity contribution in [3.05, 3.63) is 0 Å². The van der Waals surface area contributed by atoms with Crippen LogP contribution in [0.2, 0.25) is 0 Å². The normalized spacial score (nSPS) is 20.4. The third-order valence-electron chi connectivity index (χ3n) is 2.67. The Bertz CT molecular complexity index is 285. The number of nitrogens with one attached hydrogen (secondary N) is 2. The average Bonchev–Trinajstić information content (AvgIpc) is 2.34. The average molecular weight is 258 g/mol. The zero-order chi connectivity index (χ0) is 13.4. The van der Waals surface area contributed by atoms with E-state index >= 15 is 0 Å². The van der Waals surface area contributed by atoms with Crippen LogP contribution in [0.5, 0.6) is 0 Å². The van der Waals surface area contributed by atoms with Crippen molar-refractivity contribution in [1.29, 1.82) is 0 Å². The number of carbonyl (C=O) groups is 2. The maximum absolute atomic E-state index is 11.6. The minimum atomic E-state index is -0.0942. The van der Waals surface area contributed by atoms with Crippen molar-refractivity contribution in [2.24, 2.45) is 5.73 Å². The molecule has 0 bridgehead atoms. The van der Waals surface area contributed by atoms with Crippen molar-refractivity contribution in [3.8, 4) is 0 Å². The van der Waals surface area contributed by atoms with Gasteiger partial charge in [0.1, 0.15) is 0 Å². The van der Waals surface area contributed by atoms with Gasteiger partial charge < -0.3 is 21.1 Å². The second-order valence-corrected chi connectivity index (χ2v) is 4.30. The van der Waals surface area contributed by atoms with Gasteiger partial charge in [0.05, 0.1) is 19.3 Å². The fourth-order valence-electron chi connectivity index (χ4n) is 1.77. The summed E-state index contributed by atoms with van der Waals surface area (Å²) in [5.74, 6) is -0.138. The Morgan fingerprint density at radius 3 is 2.78 bits per heavy atom. The Labute approximate surface area is 107 Å². The molecule has 7 heteroatoms. The molecule has 0 radical (unpaired) electrons. The van der Waals surface area contributed by atoms with Crippen LogP contribution in [0, 0.1) is 0 Å². The van der Waals surface area contributed by atoms with Crippen molar-refractivity contribution >= 4 is 11.8 Å². The van der Waals surface area contributed by atoms with Gasteiger partial charge in [-0.1, -0.05) is 0 Å². The van der Waals surface area contributed by atoms with Crippen LogP contribution in [0.1, 0.15) is 6.92 Å². The van der Waals surface area contributed by atoms with Gasteiger partial charge >= 0.3 is 0 Å². The smallest absolute Gasteiger partial charge is 0.234 e. The summed E-state index contributed by atoms with van der Waals surface area (Å²) >= 11 is 0. The van der Waals surface area contributed by atoms with Crippen molar-refractivity contribution < 1.29 is 14.3 Å². The highest BCUT2D eigenvalue weighted by Gasteiger charge is 2.20. The molecule has 18 heavy (non-hydrogen) atoms. The summed E-state index contributed by atoms with van der Waals surface area (Å²) < 4.78 is 5.42. The van der Waals surface area contributed by atoms with E-state index in [1.807, 2.05) is 4.90 Å². The van der Waals surface area contributed by atoms with Crippen molar-refractivity contribution in [2.45, 2.75) is 13.0 Å². The fraction of sp³-hybridized carbons (Fsp3) is 0.818. The first-order chi connectivity index (χ1) is 8.61.